The number of phenols is 1. The van der Waals surface area contributed by atoms with Crippen LogP contribution in [0.3, 0.4) is 0 Å². The molecule has 0 spiro atoms. The first-order valence-electron chi connectivity index (χ1n) is 2.83. The van der Waals surface area contributed by atoms with Crippen LogP contribution in [0.4, 0.5) is 4.39 Å². The van der Waals surface area contributed by atoms with Crippen molar-refractivity contribution in [1.82, 2.24) is 0 Å². The minimum atomic E-state index is -1.22. The molecule has 1 rings (SSSR count). The Morgan fingerprint density at radius 3 is 2.42 bits per heavy atom. The van der Waals surface area contributed by atoms with E-state index in [-0.39, 0.29) is 11.0 Å². The average molecular weight is 174 g/mol. The van der Waals surface area contributed by atoms with Crippen LogP contribution in [-0.2, 0) is 0 Å². The van der Waals surface area contributed by atoms with Gasteiger partial charge in [0.25, 0.3) is 0 Å². The molecule has 0 aliphatic carbocycles. The second-order valence-electron chi connectivity index (χ2n) is 1.97. The van der Waals surface area contributed by atoms with Crippen molar-refractivity contribution in [2.75, 3.05) is 0 Å². The van der Waals surface area contributed by atoms with Crippen LogP contribution in [0.25, 0.3) is 0 Å². The number of carbonyl (C=O) groups is 1. The summed E-state index contributed by atoms with van der Waals surface area (Å²) < 4.78 is 12.4. The molecule has 0 aliphatic heterocycles. The number of aromatic carboxylic acids is 1. The molecule has 4 N–H and O–H groups in total. The van der Waals surface area contributed by atoms with Crippen LogP contribution in [-0.4, -0.2) is 21.7 Å². The molecule has 0 saturated carbocycles. The van der Waals surface area contributed by atoms with Gasteiger partial charge in [0.2, 0.25) is 0 Å². The third kappa shape index (κ3) is 1.93. The monoisotopic (exact) mass is 174 g/mol. The number of phenolic OH excluding ortho intramolecular Hbond substituents is 1. The van der Waals surface area contributed by atoms with E-state index in [1.54, 1.807) is 0 Å². The van der Waals surface area contributed by atoms with Gasteiger partial charge in [0.15, 0.2) is 11.6 Å². The molecule has 0 bridgehead atoms. The standard InChI is InChI=1S/C7H5FO3.H2O/c8-5-3-4(7(10)11)1-2-6(5)9;/h1-3,9H,(H,10,11);1H2. The molecule has 0 fully saturated rings. The minimum Gasteiger partial charge on any atom is -0.505 e. The summed E-state index contributed by atoms with van der Waals surface area (Å²) in [6.07, 6.45) is 0. The smallest absolute Gasteiger partial charge is 0.335 e. The van der Waals surface area contributed by atoms with Crippen molar-refractivity contribution >= 4 is 5.97 Å². The Morgan fingerprint density at radius 1 is 1.42 bits per heavy atom. The van der Waals surface area contributed by atoms with Crippen molar-refractivity contribution in [3.05, 3.63) is 29.6 Å². The number of aromatic hydroxyl groups is 1. The molecule has 66 valence electrons. The fourth-order valence-corrected chi connectivity index (χ4v) is 0.640. The molecule has 0 saturated heterocycles. The van der Waals surface area contributed by atoms with Crippen LogP contribution in [0.1, 0.15) is 10.4 Å². The van der Waals surface area contributed by atoms with E-state index >= 15 is 0 Å². The van der Waals surface area contributed by atoms with Crippen LogP contribution in [0.15, 0.2) is 18.2 Å². The zero-order valence-corrected chi connectivity index (χ0v) is 5.91. The highest BCUT2D eigenvalue weighted by Crippen LogP contribution is 2.15. The second kappa shape index (κ2) is 3.68. The zero-order chi connectivity index (χ0) is 8.43. The molecule has 0 radical (unpaired) electrons. The maximum absolute atomic E-state index is 12.4. The van der Waals surface area contributed by atoms with E-state index in [4.69, 9.17) is 10.2 Å². The van der Waals surface area contributed by atoms with E-state index in [0.717, 1.165) is 18.2 Å². The molecule has 4 nitrogen and oxygen atoms in total. The van der Waals surface area contributed by atoms with Gasteiger partial charge in [0, 0.05) is 0 Å². The van der Waals surface area contributed by atoms with Gasteiger partial charge in [-0.05, 0) is 18.2 Å². The Labute approximate surface area is 67.2 Å². The Hall–Kier alpha value is -1.62. The predicted octanol–water partition coefficient (Wildman–Crippen LogP) is 0.405. The maximum Gasteiger partial charge on any atom is 0.335 e. The third-order valence-corrected chi connectivity index (χ3v) is 1.19. The highest BCUT2D eigenvalue weighted by molar-refractivity contribution is 5.87. The molecule has 1 aromatic carbocycles. The summed E-state index contributed by atoms with van der Waals surface area (Å²) in [4.78, 5) is 10.2. The van der Waals surface area contributed by atoms with Gasteiger partial charge in [-0.1, -0.05) is 0 Å². The lowest BCUT2D eigenvalue weighted by atomic mass is 10.2. The summed E-state index contributed by atoms with van der Waals surface area (Å²) in [6.45, 7) is 0. The Balaban J connectivity index is 0.00000121. The molecule has 12 heavy (non-hydrogen) atoms. The summed E-state index contributed by atoms with van der Waals surface area (Å²) in [5, 5.41) is 17.0. The number of carboxylic acids is 1. The van der Waals surface area contributed by atoms with Gasteiger partial charge in [0.05, 0.1) is 5.56 Å². The van der Waals surface area contributed by atoms with Crippen molar-refractivity contribution in [2.24, 2.45) is 0 Å². The largest absolute Gasteiger partial charge is 0.505 e. The van der Waals surface area contributed by atoms with Gasteiger partial charge < -0.3 is 15.7 Å². The number of hydrogen-bond donors (Lipinski definition) is 2. The molecule has 0 atom stereocenters. The van der Waals surface area contributed by atoms with E-state index in [1.807, 2.05) is 0 Å². The average Bonchev–Trinajstić information content (AvgIpc) is 1.94. The highest BCUT2D eigenvalue weighted by Gasteiger charge is 2.06. The van der Waals surface area contributed by atoms with E-state index in [0.29, 0.717) is 0 Å². The van der Waals surface area contributed by atoms with Gasteiger partial charge >= 0.3 is 5.97 Å². The summed E-state index contributed by atoms with van der Waals surface area (Å²) in [5.74, 6) is -2.69. The van der Waals surface area contributed by atoms with E-state index in [1.165, 1.54) is 0 Å². The number of rotatable bonds is 1. The van der Waals surface area contributed by atoms with Crippen LogP contribution in [0, 0.1) is 5.82 Å². The van der Waals surface area contributed by atoms with Crippen molar-refractivity contribution < 1.29 is 24.9 Å². The first-order chi connectivity index (χ1) is 5.11. The zero-order valence-electron chi connectivity index (χ0n) is 5.91. The lowest BCUT2D eigenvalue weighted by Gasteiger charge is -1.95. The van der Waals surface area contributed by atoms with Crippen molar-refractivity contribution in [2.45, 2.75) is 0 Å². The minimum absolute atomic E-state index is 0. The summed E-state index contributed by atoms with van der Waals surface area (Å²) >= 11 is 0. The fourth-order valence-electron chi connectivity index (χ4n) is 0.640. The number of halogens is 1. The lowest BCUT2D eigenvalue weighted by Crippen LogP contribution is -1.95. The van der Waals surface area contributed by atoms with Crippen LogP contribution >= 0.6 is 0 Å². The van der Waals surface area contributed by atoms with Crippen molar-refractivity contribution in [3.63, 3.8) is 0 Å². The van der Waals surface area contributed by atoms with Gasteiger partial charge in [-0.2, -0.15) is 0 Å². The molecule has 0 unspecified atom stereocenters. The number of hydrogen-bond acceptors (Lipinski definition) is 2. The molecular formula is C7H7FO4. The molecule has 0 amide bonds. The van der Waals surface area contributed by atoms with Crippen LogP contribution in [0.5, 0.6) is 5.75 Å². The SMILES string of the molecule is O.O=C(O)c1ccc(O)c(F)c1. The number of benzene rings is 1. The maximum atomic E-state index is 12.4. The summed E-state index contributed by atoms with van der Waals surface area (Å²) in [6, 6.07) is 2.89. The molecule has 0 aromatic heterocycles. The Bertz CT molecular complexity index is 297. The van der Waals surface area contributed by atoms with Gasteiger partial charge in [-0.15, -0.1) is 0 Å². The highest BCUT2D eigenvalue weighted by atomic mass is 19.1. The van der Waals surface area contributed by atoms with Gasteiger partial charge in [-0.25, -0.2) is 9.18 Å². The van der Waals surface area contributed by atoms with Crippen LogP contribution in [0.2, 0.25) is 0 Å². The van der Waals surface area contributed by atoms with Gasteiger partial charge in [0.1, 0.15) is 0 Å². The third-order valence-electron chi connectivity index (χ3n) is 1.19. The molecule has 0 aliphatic rings. The van der Waals surface area contributed by atoms with E-state index in [2.05, 4.69) is 0 Å². The molecule has 5 heteroatoms. The summed E-state index contributed by atoms with van der Waals surface area (Å²) in [7, 11) is 0. The normalized spacial score (nSPS) is 8.75. The quantitative estimate of drug-likeness (QED) is 0.645. The Morgan fingerprint density at radius 2 is 2.00 bits per heavy atom. The Kier molecular flexibility index (Phi) is 3.18. The topological polar surface area (TPSA) is 89.0 Å². The van der Waals surface area contributed by atoms with Crippen LogP contribution < -0.4 is 0 Å². The molecular weight excluding hydrogens is 167 g/mol. The fraction of sp³-hybridized carbons (Fsp3) is 0. The van der Waals surface area contributed by atoms with E-state index < -0.39 is 17.5 Å². The predicted molar refractivity (Wildman–Crippen MR) is 38.6 cm³/mol. The first kappa shape index (κ1) is 10.4. The van der Waals surface area contributed by atoms with Gasteiger partial charge in [-0.3, -0.25) is 0 Å². The molecule has 0 heterocycles. The first-order valence-corrected chi connectivity index (χ1v) is 2.83. The number of carboxylic acid groups (broad SMARTS) is 1. The summed E-state index contributed by atoms with van der Waals surface area (Å²) in [5.41, 5.74) is -0.180. The van der Waals surface area contributed by atoms with E-state index in [9.17, 15) is 9.18 Å². The molecule has 1 aromatic rings. The van der Waals surface area contributed by atoms with Crippen molar-refractivity contribution in [3.8, 4) is 5.75 Å². The second-order valence-corrected chi connectivity index (χ2v) is 1.97. The lowest BCUT2D eigenvalue weighted by molar-refractivity contribution is 0.0696. The van der Waals surface area contributed by atoms with Crippen molar-refractivity contribution in [1.29, 1.82) is 0 Å².